The van der Waals surface area contributed by atoms with Crippen molar-refractivity contribution in [1.82, 2.24) is 5.32 Å². The maximum atomic E-state index is 13.6. The van der Waals surface area contributed by atoms with Gasteiger partial charge in [0, 0.05) is 40.6 Å². The van der Waals surface area contributed by atoms with Crippen LogP contribution in [-0.4, -0.2) is 23.9 Å². The summed E-state index contributed by atoms with van der Waals surface area (Å²) in [6.45, 7) is 7.96. The highest BCUT2D eigenvalue weighted by molar-refractivity contribution is 6.10. The van der Waals surface area contributed by atoms with Crippen LogP contribution in [0.4, 0.5) is 5.69 Å². The molecule has 33 heavy (non-hydrogen) atoms. The number of anilines is 1. The monoisotopic (exact) mass is 446 g/mol. The molecule has 6 nitrogen and oxygen atoms in total. The lowest BCUT2D eigenvalue weighted by Gasteiger charge is -2.39. The Hall–Kier alpha value is -3.54. The number of Topliss-reactive ketones (excluding diaryl/α,β-unsaturated/α-hetero) is 1. The number of methoxy groups -OCH3 is 1. The van der Waals surface area contributed by atoms with Gasteiger partial charge in [-0.05, 0) is 55.0 Å². The van der Waals surface area contributed by atoms with E-state index in [-0.39, 0.29) is 22.9 Å². The quantitative estimate of drug-likeness (QED) is 0.618. The average molecular weight is 447 g/mol. The molecule has 1 aliphatic heterocycles. The van der Waals surface area contributed by atoms with Gasteiger partial charge >= 0.3 is 0 Å². The number of phenolic OH excluding ortho intramolecular Hbond substituents is 1. The van der Waals surface area contributed by atoms with Gasteiger partial charge in [-0.25, -0.2) is 0 Å². The van der Waals surface area contributed by atoms with E-state index in [1.165, 1.54) is 7.11 Å². The highest BCUT2D eigenvalue weighted by atomic mass is 16.5. The van der Waals surface area contributed by atoms with Crippen molar-refractivity contribution in [3.8, 4) is 11.5 Å². The van der Waals surface area contributed by atoms with Crippen LogP contribution in [0.1, 0.15) is 50.7 Å². The Bertz CT molecular complexity index is 1210. The Balaban J connectivity index is 1.85. The Morgan fingerprint density at radius 2 is 1.88 bits per heavy atom. The summed E-state index contributed by atoms with van der Waals surface area (Å²) in [5.74, 6) is -0.501. The molecule has 6 heteroatoms. The summed E-state index contributed by atoms with van der Waals surface area (Å²) in [5.41, 5.74) is 4.90. The number of benzene rings is 2. The Morgan fingerprint density at radius 1 is 1.15 bits per heavy atom. The number of dihydropyridines is 1. The first kappa shape index (κ1) is 22.6. The van der Waals surface area contributed by atoms with E-state index in [0.717, 1.165) is 22.5 Å². The van der Waals surface area contributed by atoms with Crippen molar-refractivity contribution in [2.24, 2.45) is 5.41 Å². The van der Waals surface area contributed by atoms with Crippen molar-refractivity contribution >= 4 is 17.4 Å². The number of aryl methyl sites for hydroxylation is 1. The number of hydrogen-bond donors (Lipinski definition) is 3. The van der Waals surface area contributed by atoms with Crippen LogP contribution in [0.15, 0.2) is 65.0 Å². The highest BCUT2D eigenvalue weighted by Gasteiger charge is 2.42. The standard InChI is InChI=1S/C27H30N2O4/c1-15-8-6-7-9-18(15)29-26(32)23-16(2)28-19-13-27(3,4)14-21(31)25(19)24(23)17-10-11-20(30)22(12-17)33-5/h6-12,24,28,30H,13-14H2,1-5H3,(H,29,32)/t24-/m0/s1. The lowest BCUT2D eigenvalue weighted by molar-refractivity contribution is -0.118. The number of ketones is 1. The first-order valence-corrected chi connectivity index (χ1v) is 11.1. The molecule has 4 rings (SSSR count). The minimum absolute atomic E-state index is 0.00658. The fraction of sp³-hybridized carbons (Fsp3) is 0.333. The lowest BCUT2D eigenvalue weighted by atomic mass is 9.68. The van der Waals surface area contributed by atoms with Gasteiger partial charge in [-0.2, -0.15) is 0 Å². The van der Waals surface area contributed by atoms with Gasteiger partial charge in [0.2, 0.25) is 0 Å². The molecule has 172 valence electrons. The normalized spacial score (nSPS) is 19.7. The predicted molar refractivity (Wildman–Crippen MR) is 128 cm³/mol. The summed E-state index contributed by atoms with van der Waals surface area (Å²) >= 11 is 0. The van der Waals surface area contributed by atoms with Gasteiger partial charge in [-0.3, -0.25) is 9.59 Å². The van der Waals surface area contributed by atoms with E-state index in [9.17, 15) is 14.7 Å². The maximum Gasteiger partial charge on any atom is 0.254 e. The number of hydrogen-bond acceptors (Lipinski definition) is 5. The second-order valence-corrected chi connectivity index (χ2v) is 9.63. The first-order chi connectivity index (χ1) is 15.6. The lowest BCUT2D eigenvalue weighted by Crippen LogP contribution is -2.39. The fourth-order valence-corrected chi connectivity index (χ4v) is 4.85. The van der Waals surface area contributed by atoms with Crippen LogP contribution in [0.2, 0.25) is 0 Å². The maximum absolute atomic E-state index is 13.6. The van der Waals surface area contributed by atoms with Gasteiger partial charge < -0.3 is 20.5 Å². The van der Waals surface area contributed by atoms with Crippen LogP contribution in [-0.2, 0) is 9.59 Å². The number of allylic oxidation sites excluding steroid dienone is 3. The molecule has 2 aromatic rings. The van der Waals surface area contributed by atoms with Crippen molar-refractivity contribution in [2.45, 2.75) is 46.5 Å². The van der Waals surface area contributed by atoms with Crippen molar-refractivity contribution in [3.05, 3.63) is 76.1 Å². The van der Waals surface area contributed by atoms with Crippen LogP contribution in [0.25, 0.3) is 0 Å². The van der Waals surface area contributed by atoms with Gasteiger partial charge in [-0.15, -0.1) is 0 Å². The SMILES string of the molecule is COc1cc([C@H]2C(C(=O)Nc3ccccc3C)=C(C)NC3=C2C(=O)CC(C)(C)C3)ccc1O. The zero-order valence-electron chi connectivity index (χ0n) is 19.7. The fourth-order valence-electron chi connectivity index (χ4n) is 4.85. The molecular formula is C27H30N2O4. The second kappa shape index (κ2) is 8.43. The molecule has 3 N–H and O–H groups in total. The van der Waals surface area contributed by atoms with Gasteiger partial charge in [0.25, 0.3) is 5.91 Å². The van der Waals surface area contributed by atoms with E-state index >= 15 is 0 Å². The summed E-state index contributed by atoms with van der Waals surface area (Å²) in [6.07, 6.45) is 1.12. The van der Waals surface area contributed by atoms with Crippen molar-refractivity contribution in [1.29, 1.82) is 0 Å². The highest BCUT2D eigenvalue weighted by Crippen LogP contribution is 2.47. The zero-order chi connectivity index (χ0) is 23.9. The van der Waals surface area contributed by atoms with Crippen molar-refractivity contribution in [2.75, 3.05) is 12.4 Å². The number of aromatic hydroxyl groups is 1. The van der Waals surface area contributed by atoms with E-state index < -0.39 is 5.92 Å². The molecule has 0 aromatic heterocycles. The Labute approximate surface area is 194 Å². The third kappa shape index (κ3) is 4.25. The van der Waals surface area contributed by atoms with E-state index in [1.807, 2.05) is 38.1 Å². The number of amides is 1. The first-order valence-electron chi connectivity index (χ1n) is 11.1. The molecule has 0 saturated carbocycles. The molecule has 1 atom stereocenters. The van der Waals surface area contributed by atoms with Crippen LogP contribution >= 0.6 is 0 Å². The van der Waals surface area contributed by atoms with Gasteiger partial charge in [0.05, 0.1) is 7.11 Å². The average Bonchev–Trinajstić information content (AvgIpc) is 2.73. The van der Waals surface area contributed by atoms with Gasteiger partial charge in [-0.1, -0.05) is 38.1 Å². The number of carbonyl (C=O) groups excluding carboxylic acids is 2. The number of carbonyl (C=O) groups is 2. The predicted octanol–water partition coefficient (Wildman–Crippen LogP) is 4.95. The molecule has 0 fully saturated rings. The smallest absolute Gasteiger partial charge is 0.254 e. The van der Waals surface area contributed by atoms with E-state index in [4.69, 9.17) is 4.74 Å². The van der Waals surface area contributed by atoms with Crippen LogP contribution in [0, 0.1) is 12.3 Å². The molecule has 0 unspecified atom stereocenters. The molecule has 0 spiro atoms. The summed E-state index contributed by atoms with van der Waals surface area (Å²) in [6, 6.07) is 12.6. The van der Waals surface area contributed by atoms with E-state index in [1.54, 1.807) is 18.2 Å². The largest absolute Gasteiger partial charge is 0.504 e. The van der Waals surface area contributed by atoms with Crippen molar-refractivity contribution < 1.29 is 19.4 Å². The third-order valence-corrected chi connectivity index (χ3v) is 6.41. The molecule has 1 amide bonds. The molecule has 0 bridgehead atoms. The minimum atomic E-state index is -0.566. The van der Waals surface area contributed by atoms with Crippen LogP contribution in [0.5, 0.6) is 11.5 Å². The molecular weight excluding hydrogens is 416 g/mol. The zero-order valence-corrected chi connectivity index (χ0v) is 19.7. The molecule has 1 aliphatic carbocycles. The van der Waals surface area contributed by atoms with Crippen LogP contribution < -0.4 is 15.4 Å². The third-order valence-electron chi connectivity index (χ3n) is 6.41. The number of phenols is 1. The van der Waals surface area contributed by atoms with E-state index in [0.29, 0.717) is 35.4 Å². The number of para-hydroxylation sites is 1. The summed E-state index contributed by atoms with van der Waals surface area (Å²) in [4.78, 5) is 27.0. The molecule has 0 radical (unpaired) electrons. The minimum Gasteiger partial charge on any atom is -0.504 e. The summed E-state index contributed by atoms with van der Waals surface area (Å²) in [5, 5.41) is 16.5. The molecule has 2 aliphatic rings. The molecule has 0 saturated heterocycles. The van der Waals surface area contributed by atoms with Gasteiger partial charge in [0.15, 0.2) is 17.3 Å². The number of rotatable bonds is 4. The van der Waals surface area contributed by atoms with Crippen molar-refractivity contribution in [3.63, 3.8) is 0 Å². The Kier molecular flexibility index (Phi) is 5.78. The van der Waals surface area contributed by atoms with E-state index in [2.05, 4.69) is 24.5 Å². The number of nitrogens with one attached hydrogen (secondary N) is 2. The molecule has 1 heterocycles. The topological polar surface area (TPSA) is 87.7 Å². The summed E-state index contributed by atoms with van der Waals surface area (Å²) in [7, 11) is 1.48. The number of ether oxygens (including phenoxy) is 1. The Morgan fingerprint density at radius 3 is 2.58 bits per heavy atom. The summed E-state index contributed by atoms with van der Waals surface area (Å²) < 4.78 is 5.32. The second-order valence-electron chi connectivity index (χ2n) is 9.63. The molecule has 2 aromatic carbocycles. The van der Waals surface area contributed by atoms with Crippen LogP contribution in [0.3, 0.4) is 0 Å². The van der Waals surface area contributed by atoms with Gasteiger partial charge in [0.1, 0.15) is 0 Å².